The van der Waals surface area contributed by atoms with Crippen LogP contribution >= 0.6 is 0 Å². The first-order valence-corrected chi connectivity index (χ1v) is 9.91. The van der Waals surface area contributed by atoms with Crippen molar-refractivity contribution in [3.8, 4) is 0 Å². The van der Waals surface area contributed by atoms with Gasteiger partial charge in [0.2, 0.25) is 0 Å². The van der Waals surface area contributed by atoms with Gasteiger partial charge in [-0.2, -0.15) is 0 Å². The van der Waals surface area contributed by atoms with E-state index in [9.17, 15) is 14.4 Å². The van der Waals surface area contributed by atoms with E-state index in [1.165, 1.54) is 0 Å². The van der Waals surface area contributed by atoms with E-state index in [-0.39, 0.29) is 24.0 Å². The maximum absolute atomic E-state index is 13.1. The molecule has 1 aliphatic rings. The summed E-state index contributed by atoms with van der Waals surface area (Å²) in [4.78, 5) is 47.9. The van der Waals surface area contributed by atoms with Crippen LogP contribution in [0.3, 0.4) is 0 Å². The lowest BCUT2D eigenvalue weighted by Gasteiger charge is -2.22. The number of aromatic amines is 1. The molecule has 1 fully saturated rings. The number of nitrogens with one attached hydrogen (secondary N) is 2. The van der Waals surface area contributed by atoms with E-state index < -0.39 is 0 Å². The van der Waals surface area contributed by atoms with Gasteiger partial charge in [0.25, 0.3) is 11.5 Å². The molecule has 4 rings (SSSR count). The van der Waals surface area contributed by atoms with E-state index in [1.54, 1.807) is 46.2 Å². The lowest BCUT2D eigenvalue weighted by Crippen LogP contribution is -2.32. The molecule has 0 aliphatic carbocycles. The van der Waals surface area contributed by atoms with Crippen molar-refractivity contribution in [2.45, 2.75) is 20.4 Å². The summed E-state index contributed by atoms with van der Waals surface area (Å²) in [7, 11) is 0. The average molecular weight is 405 g/mol. The highest BCUT2D eigenvalue weighted by Crippen LogP contribution is 2.23. The van der Waals surface area contributed by atoms with E-state index in [0.717, 1.165) is 11.3 Å². The van der Waals surface area contributed by atoms with E-state index >= 15 is 0 Å². The van der Waals surface area contributed by atoms with Crippen molar-refractivity contribution < 1.29 is 9.59 Å². The highest BCUT2D eigenvalue weighted by molar-refractivity contribution is 5.98. The Bertz CT molecular complexity index is 1190. The number of carbonyl (C=O) groups is 2. The zero-order valence-corrected chi connectivity index (χ0v) is 16.9. The summed E-state index contributed by atoms with van der Waals surface area (Å²) in [5, 5.41) is 3.30. The third-order valence-electron chi connectivity index (χ3n) is 5.26. The van der Waals surface area contributed by atoms with Crippen LogP contribution in [0, 0.1) is 6.92 Å². The van der Waals surface area contributed by atoms with Crippen molar-refractivity contribution in [3.63, 3.8) is 0 Å². The van der Waals surface area contributed by atoms with Gasteiger partial charge in [-0.15, -0.1) is 0 Å². The molecule has 2 heterocycles. The fraction of sp³-hybridized carbons (Fsp3) is 0.273. The number of H-pyrrole nitrogens is 1. The Morgan fingerprint density at radius 2 is 2.00 bits per heavy atom. The topological polar surface area (TPSA) is 98.4 Å². The smallest absolute Gasteiger partial charge is 0.322 e. The van der Waals surface area contributed by atoms with Crippen LogP contribution in [-0.4, -0.2) is 46.4 Å². The van der Waals surface area contributed by atoms with Crippen molar-refractivity contribution in [1.82, 2.24) is 20.2 Å². The van der Waals surface area contributed by atoms with Crippen molar-refractivity contribution in [3.05, 3.63) is 69.8 Å². The quantitative estimate of drug-likeness (QED) is 0.681. The third-order valence-corrected chi connectivity index (χ3v) is 5.26. The summed E-state index contributed by atoms with van der Waals surface area (Å²) in [6, 6.07) is 12.3. The molecular formula is C22H23N5O3. The first kappa shape index (κ1) is 19.6. The fourth-order valence-corrected chi connectivity index (χ4v) is 3.69. The van der Waals surface area contributed by atoms with Gasteiger partial charge in [0, 0.05) is 30.9 Å². The molecule has 1 aromatic heterocycles. The van der Waals surface area contributed by atoms with Gasteiger partial charge in [0.1, 0.15) is 5.82 Å². The minimum Gasteiger partial charge on any atom is -0.336 e. The van der Waals surface area contributed by atoms with E-state index in [2.05, 4.69) is 15.3 Å². The van der Waals surface area contributed by atoms with Gasteiger partial charge in [-0.3, -0.25) is 14.5 Å². The van der Waals surface area contributed by atoms with Gasteiger partial charge in [0.15, 0.2) is 0 Å². The number of aryl methyl sites for hydroxylation is 1. The van der Waals surface area contributed by atoms with Gasteiger partial charge in [0.05, 0.1) is 17.4 Å². The Balaban J connectivity index is 1.58. The molecule has 30 heavy (non-hydrogen) atoms. The molecule has 0 bridgehead atoms. The predicted octanol–water partition coefficient (Wildman–Crippen LogP) is 2.42. The molecule has 0 spiro atoms. The molecule has 1 aliphatic heterocycles. The standard InChI is InChI=1S/C22H23N5O3/c1-3-26(13-19-24-17-7-5-4-6-16(17)20(28)25-19)21(29)15-8-9-18(14(2)12-15)27-11-10-23-22(27)30/h4-9,12H,3,10-11,13H2,1-2H3,(H,23,30)(H,24,25,28). The molecule has 154 valence electrons. The van der Waals surface area contributed by atoms with Gasteiger partial charge in [-0.25, -0.2) is 9.78 Å². The molecule has 8 heteroatoms. The first-order chi connectivity index (χ1) is 14.5. The Hall–Kier alpha value is -3.68. The number of amides is 3. The zero-order valence-electron chi connectivity index (χ0n) is 16.9. The van der Waals surface area contributed by atoms with Gasteiger partial charge in [-0.05, 0) is 49.7 Å². The molecule has 1 saturated heterocycles. The number of hydrogen-bond donors (Lipinski definition) is 2. The number of carbonyl (C=O) groups excluding carboxylic acids is 2. The average Bonchev–Trinajstić information content (AvgIpc) is 3.17. The monoisotopic (exact) mass is 405 g/mol. The predicted molar refractivity (Wildman–Crippen MR) is 115 cm³/mol. The van der Waals surface area contributed by atoms with Gasteiger partial charge >= 0.3 is 6.03 Å². The highest BCUT2D eigenvalue weighted by atomic mass is 16.2. The highest BCUT2D eigenvalue weighted by Gasteiger charge is 2.24. The summed E-state index contributed by atoms with van der Waals surface area (Å²) < 4.78 is 0. The van der Waals surface area contributed by atoms with Gasteiger partial charge in [-0.1, -0.05) is 12.1 Å². The SMILES string of the molecule is CCN(Cc1nc2ccccc2c(=O)[nH]1)C(=O)c1ccc(N2CCNC2=O)c(C)c1. The molecule has 0 atom stereocenters. The second kappa shape index (κ2) is 7.98. The van der Waals surface area contributed by atoms with E-state index in [1.807, 2.05) is 19.9 Å². The molecule has 2 N–H and O–H groups in total. The number of urea groups is 1. The third kappa shape index (κ3) is 3.63. The Kier molecular flexibility index (Phi) is 5.22. The second-order valence-electron chi connectivity index (χ2n) is 7.23. The van der Waals surface area contributed by atoms with Crippen molar-refractivity contribution >= 4 is 28.5 Å². The molecule has 0 radical (unpaired) electrons. The summed E-state index contributed by atoms with van der Waals surface area (Å²) in [5.41, 5.74) is 2.56. The Labute approximate surface area is 173 Å². The minimum absolute atomic E-state index is 0.126. The number of aromatic nitrogens is 2. The number of rotatable bonds is 5. The lowest BCUT2D eigenvalue weighted by atomic mass is 10.1. The number of benzene rings is 2. The van der Waals surface area contributed by atoms with Crippen LogP contribution < -0.4 is 15.8 Å². The minimum atomic E-state index is -0.219. The molecule has 3 amide bonds. The van der Waals surface area contributed by atoms with Crippen LogP contribution in [0.2, 0.25) is 0 Å². The Morgan fingerprint density at radius 3 is 2.70 bits per heavy atom. The van der Waals surface area contributed by atoms with Crippen molar-refractivity contribution in [2.75, 3.05) is 24.5 Å². The number of para-hydroxylation sites is 1. The Morgan fingerprint density at radius 1 is 1.20 bits per heavy atom. The number of hydrogen-bond acceptors (Lipinski definition) is 4. The van der Waals surface area contributed by atoms with Crippen LogP contribution in [0.15, 0.2) is 47.3 Å². The van der Waals surface area contributed by atoms with Crippen molar-refractivity contribution in [1.29, 1.82) is 0 Å². The summed E-state index contributed by atoms with van der Waals surface area (Å²) in [6.45, 7) is 5.65. The molecule has 3 aromatic rings. The van der Waals surface area contributed by atoms with Crippen molar-refractivity contribution in [2.24, 2.45) is 0 Å². The van der Waals surface area contributed by atoms with Crippen LogP contribution in [0.25, 0.3) is 10.9 Å². The van der Waals surface area contributed by atoms with Crippen LogP contribution in [0.5, 0.6) is 0 Å². The molecule has 0 saturated carbocycles. The normalized spacial score (nSPS) is 13.5. The van der Waals surface area contributed by atoms with Crippen LogP contribution in [0.4, 0.5) is 10.5 Å². The number of nitrogens with zero attached hydrogens (tertiary/aromatic N) is 3. The molecule has 8 nitrogen and oxygen atoms in total. The van der Waals surface area contributed by atoms with E-state index in [4.69, 9.17) is 0 Å². The zero-order chi connectivity index (χ0) is 21.3. The first-order valence-electron chi connectivity index (χ1n) is 9.91. The lowest BCUT2D eigenvalue weighted by molar-refractivity contribution is 0.0748. The maximum Gasteiger partial charge on any atom is 0.322 e. The number of anilines is 1. The summed E-state index contributed by atoms with van der Waals surface area (Å²) >= 11 is 0. The second-order valence-corrected chi connectivity index (χ2v) is 7.23. The van der Waals surface area contributed by atoms with Crippen LogP contribution in [0.1, 0.15) is 28.7 Å². The van der Waals surface area contributed by atoms with Crippen LogP contribution in [-0.2, 0) is 6.54 Å². The summed E-state index contributed by atoms with van der Waals surface area (Å²) in [5.74, 6) is 0.282. The summed E-state index contributed by atoms with van der Waals surface area (Å²) in [6.07, 6.45) is 0. The molecule has 0 unspecified atom stereocenters. The number of fused-ring (bicyclic) bond motifs is 1. The largest absolute Gasteiger partial charge is 0.336 e. The van der Waals surface area contributed by atoms with E-state index in [0.29, 0.717) is 41.9 Å². The van der Waals surface area contributed by atoms with Gasteiger partial charge < -0.3 is 15.2 Å². The maximum atomic E-state index is 13.1. The molecule has 2 aromatic carbocycles. The fourth-order valence-electron chi connectivity index (χ4n) is 3.69. The molecular weight excluding hydrogens is 382 g/mol.